The number of aliphatic hydroxyl groups is 1. The van der Waals surface area contributed by atoms with Crippen molar-refractivity contribution in [1.29, 1.82) is 0 Å². The first-order valence-electron chi connectivity index (χ1n) is 4.67. The van der Waals surface area contributed by atoms with E-state index in [0.29, 0.717) is 12.2 Å². The number of ether oxygens (including phenoxy) is 1. The van der Waals surface area contributed by atoms with E-state index in [4.69, 9.17) is 9.84 Å². The SMILES string of the molecule is CCOC(=O)C(C)=CCCCCO. The summed E-state index contributed by atoms with van der Waals surface area (Å²) in [6.45, 7) is 4.17. The van der Waals surface area contributed by atoms with Gasteiger partial charge in [0.2, 0.25) is 0 Å². The molecule has 0 rings (SSSR count). The molecule has 0 aliphatic heterocycles. The summed E-state index contributed by atoms with van der Waals surface area (Å²) in [4.78, 5) is 11.1. The first-order chi connectivity index (χ1) is 6.22. The molecule has 0 aromatic rings. The zero-order valence-corrected chi connectivity index (χ0v) is 8.38. The summed E-state index contributed by atoms with van der Waals surface area (Å²) < 4.78 is 4.80. The Morgan fingerprint density at radius 3 is 2.69 bits per heavy atom. The number of hydrogen-bond donors (Lipinski definition) is 1. The molecule has 3 heteroatoms. The van der Waals surface area contributed by atoms with E-state index < -0.39 is 0 Å². The topological polar surface area (TPSA) is 46.5 Å². The Kier molecular flexibility index (Phi) is 7.30. The molecule has 0 amide bonds. The second kappa shape index (κ2) is 7.80. The van der Waals surface area contributed by atoms with Crippen LogP contribution in [0.2, 0.25) is 0 Å². The average Bonchev–Trinajstić information content (AvgIpc) is 2.12. The van der Waals surface area contributed by atoms with E-state index in [1.165, 1.54) is 0 Å². The molecule has 0 aliphatic carbocycles. The average molecular weight is 186 g/mol. The molecule has 0 atom stereocenters. The molecule has 0 radical (unpaired) electrons. The lowest BCUT2D eigenvalue weighted by molar-refractivity contribution is -0.138. The Balaban J connectivity index is 3.67. The number of carbonyl (C=O) groups excluding carboxylic acids is 1. The van der Waals surface area contributed by atoms with E-state index in [2.05, 4.69) is 0 Å². The predicted octanol–water partition coefficient (Wildman–Crippen LogP) is 1.66. The molecule has 0 bridgehead atoms. The van der Waals surface area contributed by atoms with E-state index in [1.54, 1.807) is 13.8 Å². The summed E-state index contributed by atoms with van der Waals surface area (Å²) >= 11 is 0. The number of hydrogen-bond acceptors (Lipinski definition) is 3. The standard InChI is InChI=1S/C10H18O3/c1-3-13-10(12)9(2)7-5-4-6-8-11/h7,11H,3-6,8H2,1-2H3. The van der Waals surface area contributed by atoms with Crippen molar-refractivity contribution in [2.75, 3.05) is 13.2 Å². The predicted molar refractivity (Wildman–Crippen MR) is 51.3 cm³/mol. The third kappa shape index (κ3) is 6.34. The minimum Gasteiger partial charge on any atom is -0.463 e. The normalized spacial score (nSPS) is 11.5. The van der Waals surface area contributed by atoms with Crippen LogP contribution in [0.5, 0.6) is 0 Å². The lowest BCUT2D eigenvalue weighted by Crippen LogP contribution is -2.04. The summed E-state index contributed by atoms with van der Waals surface area (Å²) in [6.07, 6.45) is 4.37. The monoisotopic (exact) mass is 186 g/mol. The van der Waals surface area contributed by atoms with Crippen LogP contribution in [0.4, 0.5) is 0 Å². The largest absolute Gasteiger partial charge is 0.463 e. The Morgan fingerprint density at radius 1 is 1.46 bits per heavy atom. The lowest BCUT2D eigenvalue weighted by atomic mass is 10.2. The van der Waals surface area contributed by atoms with Crippen molar-refractivity contribution in [1.82, 2.24) is 0 Å². The highest BCUT2D eigenvalue weighted by molar-refractivity contribution is 5.87. The first kappa shape index (κ1) is 12.2. The molecule has 0 fully saturated rings. The van der Waals surface area contributed by atoms with Gasteiger partial charge in [0.05, 0.1) is 6.61 Å². The van der Waals surface area contributed by atoms with Crippen LogP contribution in [0.25, 0.3) is 0 Å². The van der Waals surface area contributed by atoms with E-state index in [-0.39, 0.29) is 12.6 Å². The number of rotatable bonds is 6. The Bertz CT molecular complexity index is 173. The van der Waals surface area contributed by atoms with Crippen molar-refractivity contribution in [3.8, 4) is 0 Å². The van der Waals surface area contributed by atoms with Crippen molar-refractivity contribution < 1.29 is 14.6 Å². The Morgan fingerprint density at radius 2 is 2.15 bits per heavy atom. The molecule has 0 aromatic carbocycles. The molecule has 3 nitrogen and oxygen atoms in total. The molecule has 0 spiro atoms. The number of unbranched alkanes of at least 4 members (excludes halogenated alkanes) is 2. The highest BCUT2D eigenvalue weighted by atomic mass is 16.5. The third-order valence-corrected chi connectivity index (χ3v) is 1.66. The summed E-state index contributed by atoms with van der Waals surface area (Å²) in [5, 5.41) is 8.51. The fraction of sp³-hybridized carbons (Fsp3) is 0.700. The van der Waals surface area contributed by atoms with E-state index in [1.807, 2.05) is 6.08 Å². The van der Waals surface area contributed by atoms with Crippen molar-refractivity contribution in [2.24, 2.45) is 0 Å². The molecule has 76 valence electrons. The van der Waals surface area contributed by atoms with Gasteiger partial charge >= 0.3 is 5.97 Å². The Hall–Kier alpha value is -0.830. The molecule has 0 saturated heterocycles. The van der Waals surface area contributed by atoms with Gasteiger partial charge in [-0.1, -0.05) is 6.08 Å². The van der Waals surface area contributed by atoms with Gasteiger partial charge in [-0.3, -0.25) is 0 Å². The maximum absolute atomic E-state index is 11.1. The molecular weight excluding hydrogens is 168 g/mol. The maximum atomic E-state index is 11.1. The van der Waals surface area contributed by atoms with Gasteiger partial charge in [-0.2, -0.15) is 0 Å². The summed E-state index contributed by atoms with van der Waals surface area (Å²) in [7, 11) is 0. The van der Waals surface area contributed by atoms with Crippen molar-refractivity contribution in [2.45, 2.75) is 33.1 Å². The lowest BCUT2D eigenvalue weighted by Gasteiger charge is -2.00. The second-order valence-electron chi connectivity index (χ2n) is 2.83. The quantitative estimate of drug-likeness (QED) is 0.390. The van der Waals surface area contributed by atoms with Gasteiger partial charge in [-0.15, -0.1) is 0 Å². The number of esters is 1. The van der Waals surface area contributed by atoms with Crippen LogP contribution < -0.4 is 0 Å². The molecular formula is C10H18O3. The molecule has 0 aromatic heterocycles. The summed E-state index contributed by atoms with van der Waals surface area (Å²) in [5.74, 6) is -0.244. The zero-order valence-electron chi connectivity index (χ0n) is 8.38. The zero-order chi connectivity index (χ0) is 10.1. The van der Waals surface area contributed by atoms with Crippen molar-refractivity contribution in [3.63, 3.8) is 0 Å². The molecule has 0 saturated carbocycles. The van der Waals surface area contributed by atoms with Crippen LogP contribution in [0.15, 0.2) is 11.6 Å². The van der Waals surface area contributed by atoms with Crippen LogP contribution in [-0.4, -0.2) is 24.3 Å². The van der Waals surface area contributed by atoms with Crippen molar-refractivity contribution >= 4 is 5.97 Å². The molecule has 1 N–H and O–H groups in total. The van der Waals surface area contributed by atoms with Crippen LogP contribution in [0.1, 0.15) is 33.1 Å². The highest BCUT2D eigenvalue weighted by Gasteiger charge is 2.02. The van der Waals surface area contributed by atoms with Gasteiger partial charge in [0.1, 0.15) is 0 Å². The van der Waals surface area contributed by atoms with Gasteiger partial charge in [0.15, 0.2) is 0 Å². The van der Waals surface area contributed by atoms with Gasteiger partial charge < -0.3 is 9.84 Å². The summed E-state index contributed by atoms with van der Waals surface area (Å²) in [6, 6.07) is 0. The van der Waals surface area contributed by atoms with Crippen molar-refractivity contribution in [3.05, 3.63) is 11.6 Å². The smallest absolute Gasteiger partial charge is 0.333 e. The van der Waals surface area contributed by atoms with E-state index in [9.17, 15) is 4.79 Å². The van der Waals surface area contributed by atoms with Crippen LogP contribution >= 0.6 is 0 Å². The minimum atomic E-state index is -0.244. The Labute approximate surface area is 79.4 Å². The number of aliphatic hydroxyl groups excluding tert-OH is 1. The molecule has 0 aliphatic rings. The minimum absolute atomic E-state index is 0.215. The fourth-order valence-corrected chi connectivity index (χ4v) is 0.903. The van der Waals surface area contributed by atoms with Gasteiger partial charge in [0.25, 0.3) is 0 Å². The van der Waals surface area contributed by atoms with Crippen LogP contribution in [0.3, 0.4) is 0 Å². The second-order valence-corrected chi connectivity index (χ2v) is 2.83. The third-order valence-electron chi connectivity index (χ3n) is 1.66. The van der Waals surface area contributed by atoms with Gasteiger partial charge in [-0.25, -0.2) is 4.79 Å². The van der Waals surface area contributed by atoms with E-state index >= 15 is 0 Å². The number of allylic oxidation sites excluding steroid dienone is 1. The highest BCUT2D eigenvalue weighted by Crippen LogP contribution is 2.02. The molecule has 13 heavy (non-hydrogen) atoms. The van der Waals surface area contributed by atoms with Gasteiger partial charge in [0, 0.05) is 12.2 Å². The maximum Gasteiger partial charge on any atom is 0.333 e. The number of carbonyl (C=O) groups is 1. The molecule has 0 heterocycles. The molecule has 0 unspecified atom stereocenters. The summed E-state index contributed by atoms with van der Waals surface area (Å²) in [5.41, 5.74) is 0.653. The fourth-order valence-electron chi connectivity index (χ4n) is 0.903. The first-order valence-corrected chi connectivity index (χ1v) is 4.67. The van der Waals surface area contributed by atoms with Crippen LogP contribution in [0, 0.1) is 0 Å². The van der Waals surface area contributed by atoms with Gasteiger partial charge in [-0.05, 0) is 33.1 Å². The van der Waals surface area contributed by atoms with Crippen LogP contribution in [-0.2, 0) is 9.53 Å². The van der Waals surface area contributed by atoms with E-state index in [0.717, 1.165) is 19.3 Å².